The predicted molar refractivity (Wildman–Crippen MR) is 51.8 cm³/mol. The maximum atomic E-state index is 11.0. The summed E-state index contributed by atoms with van der Waals surface area (Å²) < 4.78 is 4.56. The van der Waals surface area contributed by atoms with Gasteiger partial charge in [-0.25, -0.2) is 4.98 Å². The molecule has 0 saturated carbocycles. The number of esters is 1. The lowest BCUT2D eigenvalue weighted by Crippen LogP contribution is -2.05. The van der Waals surface area contributed by atoms with E-state index in [9.17, 15) is 4.79 Å². The zero-order valence-electron chi connectivity index (χ0n) is 7.78. The Hall–Kier alpha value is -1.84. The topological polar surface area (TPSA) is 55.0 Å². The molecule has 1 N–H and O–H groups in total. The highest BCUT2D eigenvalue weighted by Crippen LogP contribution is 2.10. The van der Waals surface area contributed by atoms with E-state index in [1.807, 2.05) is 24.4 Å². The summed E-state index contributed by atoms with van der Waals surface area (Å²) in [6, 6.07) is 5.69. The first-order valence-corrected chi connectivity index (χ1v) is 4.29. The number of fused-ring (bicyclic) bond motifs is 1. The van der Waals surface area contributed by atoms with E-state index >= 15 is 0 Å². The van der Waals surface area contributed by atoms with Crippen LogP contribution in [0.5, 0.6) is 0 Å². The fraction of sp³-hybridized carbons (Fsp3) is 0.200. The largest absolute Gasteiger partial charge is 0.469 e. The third-order valence-corrected chi connectivity index (χ3v) is 2.02. The van der Waals surface area contributed by atoms with Crippen LogP contribution in [0.3, 0.4) is 0 Å². The molecule has 0 amide bonds. The summed E-state index contributed by atoms with van der Waals surface area (Å²) in [5, 5.41) is 1.04. The molecule has 0 unspecified atom stereocenters. The molecule has 4 heteroatoms. The quantitative estimate of drug-likeness (QED) is 0.726. The van der Waals surface area contributed by atoms with Crippen molar-refractivity contribution >= 4 is 17.0 Å². The molecule has 72 valence electrons. The molecule has 0 aliphatic heterocycles. The van der Waals surface area contributed by atoms with Crippen LogP contribution in [0.15, 0.2) is 24.4 Å². The van der Waals surface area contributed by atoms with Gasteiger partial charge in [0.25, 0.3) is 0 Å². The average molecular weight is 190 g/mol. The Morgan fingerprint density at radius 3 is 3.14 bits per heavy atom. The van der Waals surface area contributed by atoms with E-state index in [-0.39, 0.29) is 12.4 Å². The second kappa shape index (κ2) is 3.49. The van der Waals surface area contributed by atoms with Crippen molar-refractivity contribution in [2.75, 3.05) is 7.11 Å². The maximum absolute atomic E-state index is 11.0. The number of hydrogen-bond donors (Lipinski definition) is 1. The molecule has 2 aromatic rings. The molecule has 0 aromatic carbocycles. The minimum absolute atomic E-state index is 0.214. The number of methoxy groups -OCH3 is 1. The number of rotatable bonds is 2. The minimum atomic E-state index is -0.275. The van der Waals surface area contributed by atoms with Crippen LogP contribution in [0, 0.1) is 0 Å². The predicted octanol–water partition coefficient (Wildman–Crippen LogP) is 1.28. The Bertz CT molecular complexity index is 462. The van der Waals surface area contributed by atoms with Crippen LogP contribution >= 0.6 is 0 Å². The van der Waals surface area contributed by atoms with E-state index in [0.29, 0.717) is 5.69 Å². The fourth-order valence-corrected chi connectivity index (χ4v) is 1.29. The molecule has 0 aliphatic rings. The van der Waals surface area contributed by atoms with Gasteiger partial charge in [0.2, 0.25) is 0 Å². The number of carbonyl (C=O) groups is 1. The lowest BCUT2D eigenvalue weighted by molar-refractivity contribution is -0.139. The molecule has 0 aliphatic carbocycles. The molecule has 2 heterocycles. The van der Waals surface area contributed by atoms with Crippen LogP contribution < -0.4 is 0 Å². The van der Waals surface area contributed by atoms with Crippen LogP contribution in [0.25, 0.3) is 11.0 Å². The number of ether oxygens (including phenoxy) is 1. The van der Waals surface area contributed by atoms with Gasteiger partial charge < -0.3 is 9.72 Å². The molecular weight excluding hydrogens is 180 g/mol. The highest BCUT2D eigenvalue weighted by atomic mass is 16.5. The number of nitrogens with zero attached hydrogens (tertiary/aromatic N) is 1. The van der Waals surface area contributed by atoms with Crippen molar-refractivity contribution in [2.45, 2.75) is 6.42 Å². The summed E-state index contributed by atoms with van der Waals surface area (Å²) in [6.45, 7) is 0. The average Bonchev–Trinajstić information content (AvgIpc) is 2.64. The molecule has 0 radical (unpaired) electrons. The van der Waals surface area contributed by atoms with Crippen molar-refractivity contribution in [3.8, 4) is 0 Å². The third kappa shape index (κ3) is 1.59. The molecule has 0 atom stereocenters. The van der Waals surface area contributed by atoms with Gasteiger partial charge >= 0.3 is 5.97 Å². The van der Waals surface area contributed by atoms with Gasteiger partial charge in [0.15, 0.2) is 0 Å². The molecule has 0 fully saturated rings. The van der Waals surface area contributed by atoms with Gasteiger partial charge in [0.05, 0.1) is 19.2 Å². The summed E-state index contributed by atoms with van der Waals surface area (Å²) in [6.07, 6.45) is 2.03. The van der Waals surface area contributed by atoms with Crippen molar-refractivity contribution in [3.63, 3.8) is 0 Å². The first kappa shape index (κ1) is 8.74. The Balaban J connectivity index is 2.30. The van der Waals surface area contributed by atoms with E-state index in [0.717, 1.165) is 11.0 Å². The van der Waals surface area contributed by atoms with Crippen LogP contribution in [0.1, 0.15) is 5.69 Å². The molecule has 2 rings (SSSR count). The molecule has 14 heavy (non-hydrogen) atoms. The number of carbonyl (C=O) groups excluding carboxylic acids is 1. The number of hydrogen-bond acceptors (Lipinski definition) is 3. The van der Waals surface area contributed by atoms with Gasteiger partial charge in [-0.3, -0.25) is 4.79 Å². The third-order valence-electron chi connectivity index (χ3n) is 2.02. The Labute approximate surface area is 80.9 Å². The van der Waals surface area contributed by atoms with E-state index in [2.05, 4.69) is 14.7 Å². The van der Waals surface area contributed by atoms with Crippen LogP contribution in [0.4, 0.5) is 0 Å². The smallest absolute Gasteiger partial charge is 0.311 e. The van der Waals surface area contributed by atoms with E-state index in [4.69, 9.17) is 0 Å². The summed E-state index contributed by atoms with van der Waals surface area (Å²) >= 11 is 0. The van der Waals surface area contributed by atoms with Crippen molar-refractivity contribution in [2.24, 2.45) is 0 Å². The Morgan fingerprint density at radius 2 is 2.36 bits per heavy atom. The number of H-pyrrole nitrogens is 1. The summed E-state index contributed by atoms with van der Waals surface area (Å²) in [5.74, 6) is -0.275. The van der Waals surface area contributed by atoms with Crippen LogP contribution in [-0.2, 0) is 16.0 Å². The monoisotopic (exact) mass is 190 g/mol. The van der Waals surface area contributed by atoms with Gasteiger partial charge in [-0.05, 0) is 18.2 Å². The number of aromatic nitrogens is 2. The van der Waals surface area contributed by atoms with Gasteiger partial charge in [-0.1, -0.05) is 0 Å². The van der Waals surface area contributed by atoms with Gasteiger partial charge in [0, 0.05) is 11.6 Å². The molecule has 0 bridgehead atoms. The highest BCUT2D eigenvalue weighted by molar-refractivity contribution is 5.77. The van der Waals surface area contributed by atoms with Gasteiger partial charge in [0.1, 0.15) is 5.65 Å². The maximum Gasteiger partial charge on any atom is 0.311 e. The van der Waals surface area contributed by atoms with Crippen LogP contribution in [-0.4, -0.2) is 23.0 Å². The van der Waals surface area contributed by atoms with Crippen LogP contribution in [0.2, 0.25) is 0 Å². The SMILES string of the molecule is COC(=O)Cc1ccc2cc[nH]c2n1. The first-order chi connectivity index (χ1) is 6.79. The normalized spacial score (nSPS) is 10.4. The number of aromatic amines is 1. The fourth-order valence-electron chi connectivity index (χ4n) is 1.29. The Morgan fingerprint density at radius 1 is 1.50 bits per heavy atom. The molecule has 2 aromatic heterocycles. The molecule has 0 saturated heterocycles. The minimum Gasteiger partial charge on any atom is -0.469 e. The lowest BCUT2D eigenvalue weighted by atomic mass is 10.2. The van der Waals surface area contributed by atoms with Gasteiger partial charge in [-0.15, -0.1) is 0 Å². The summed E-state index contributed by atoms with van der Waals surface area (Å²) in [7, 11) is 1.37. The standard InChI is InChI=1S/C10H10N2O2/c1-14-9(13)6-8-3-2-7-4-5-11-10(7)12-8/h2-5H,6H2,1H3,(H,11,12). The molecular formula is C10H10N2O2. The molecule has 4 nitrogen and oxygen atoms in total. The van der Waals surface area contributed by atoms with E-state index in [1.165, 1.54) is 7.11 Å². The summed E-state index contributed by atoms with van der Waals surface area (Å²) in [5.41, 5.74) is 1.51. The lowest BCUT2D eigenvalue weighted by Gasteiger charge is -1.98. The highest BCUT2D eigenvalue weighted by Gasteiger charge is 2.04. The van der Waals surface area contributed by atoms with Gasteiger partial charge in [-0.2, -0.15) is 0 Å². The van der Waals surface area contributed by atoms with Crippen molar-refractivity contribution in [1.82, 2.24) is 9.97 Å². The Kier molecular flexibility index (Phi) is 2.18. The zero-order chi connectivity index (χ0) is 9.97. The van der Waals surface area contributed by atoms with E-state index in [1.54, 1.807) is 0 Å². The molecule has 0 spiro atoms. The zero-order valence-corrected chi connectivity index (χ0v) is 7.78. The second-order valence-corrected chi connectivity index (χ2v) is 2.97. The number of pyridine rings is 1. The van der Waals surface area contributed by atoms with E-state index < -0.39 is 0 Å². The number of nitrogens with one attached hydrogen (secondary N) is 1. The van der Waals surface area contributed by atoms with Crippen molar-refractivity contribution in [1.29, 1.82) is 0 Å². The summed E-state index contributed by atoms with van der Waals surface area (Å²) in [4.78, 5) is 18.2. The first-order valence-electron chi connectivity index (χ1n) is 4.29. The second-order valence-electron chi connectivity index (χ2n) is 2.97. The van der Waals surface area contributed by atoms with Crippen molar-refractivity contribution < 1.29 is 9.53 Å². The van der Waals surface area contributed by atoms with Crippen molar-refractivity contribution in [3.05, 3.63) is 30.1 Å².